The Bertz CT molecular complexity index is 260. The van der Waals surface area contributed by atoms with Crippen molar-refractivity contribution in [3.8, 4) is 0 Å². The lowest BCUT2D eigenvalue weighted by Gasteiger charge is -2.21. The number of hydrogen-bond donors (Lipinski definition) is 1. The van der Waals surface area contributed by atoms with Gasteiger partial charge >= 0.3 is 0 Å². The second kappa shape index (κ2) is 4.73. The van der Waals surface area contributed by atoms with Crippen molar-refractivity contribution in [3.63, 3.8) is 0 Å². The molecule has 1 aromatic rings. The summed E-state index contributed by atoms with van der Waals surface area (Å²) < 4.78 is 4.00. The van der Waals surface area contributed by atoms with Crippen molar-refractivity contribution in [2.24, 2.45) is 5.92 Å². The monoisotopic (exact) mass is 211 g/mol. The lowest BCUT2D eigenvalue weighted by molar-refractivity contribution is 0.456. The molecule has 1 aliphatic carbocycles. The summed E-state index contributed by atoms with van der Waals surface area (Å²) in [6.07, 6.45) is 8.36. The molecule has 0 spiro atoms. The van der Waals surface area contributed by atoms with Crippen LogP contribution in [0.5, 0.6) is 0 Å². The predicted molar refractivity (Wildman–Crippen MR) is 59.6 cm³/mol. The van der Waals surface area contributed by atoms with Gasteiger partial charge in [-0.2, -0.15) is 4.37 Å². The van der Waals surface area contributed by atoms with Gasteiger partial charge in [0.2, 0.25) is 5.13 Å². The molecule has 2 atom stereocenters. The van der Waals surface area contributed by atoms with Gasteiger partial charge < -0.3 is 5.32 Å². The van der Waals surface area contributed by atoms with E-state index in [2.05, 4.69) is 21.6 Å². The van der Waals surface area contributed by atoms with Crippen molar-refractivity contribution in [2.75, 3.05) is 5.32 Å². The van der Waals surface area contributed by atoms with E-state index < -0.39 is 0 Å². The Morgan fingerprint density at radius 2 is 2.21 bits per heavy atom. The van der Waals surface area contributed by atoms with Crippen LogP contribution in [0.4, 0.5) is 5.13 Å². The van der Waals surface area contributed by atoms with Gasteiger partial charge in [-0.05, 0) is 18.8 Å². The van der Waals surface area contributed by atoms with E-state index in [1.165, 1.54) is 43.6 Å². The number of aromatic nitrogens is 2. The van der Waals surface area contributed by atoms with Gasteiger partial charge in [-0.3, -0.25) is 0 Å². The van der Waals surface area contributed by atoms with Crippen LogP contribution < -0.4 is 5.32 Å². The molecule has 14 heavy (non-hydrogen) atoms. The molecule has 1 N–H and O–H groups in total. The van der Waals surface area contributed by atoms with Crippen LogP contribution in [0.3, 0.4) is 0 Å². The van der Waals surface area contributed by atoms with Gasteiger partial charge in [0.05, 0.1) is 0 Å². The van der Waals surface area contributed by atoms with Gasteiger partial charge in [0, 0.05) is 17.6 Å². The third kappa shape index (κ3) is 2.44. The second-order valence-corrected chi connectivity index (χ2v) is 4.89. The zero-order chi connectivity index (χ0) is 9.80. The maximum atomic E-state index is 4.17. The summed E-state index contributed by atoms with van der Waals surface area (Å²) in [5.74, 6) is 0.765. The molecule has 2 unspecified atom stereocenters. The number of hydrogen-bond acceptors (Lipinski definition) is 4. The van der Waals surface area contributed by atoms with Crippen LogP contribution in [0, 0.1) is 5.92 Å². The van der Waals surface area contributed by atoms with Gasteiger partial charge in [-0.15, -0.1) is 0 Å². The molecule has 2 rings (SSSR count). The smallest absolute Gasteiger partial charge is 0.202 e. The van der Waals surface area contributed by atoms with Crippen molar-refractivity contribution in [3.05, 3.63) is 6.33 Å². The van der Waals surface area contributed by atoms with Crippen LogP contribution in [0.25, 0.3) is 0 Å². The van der Waals surface area contributed by atoms with E-state index in [9.17, 15) is 0 Å². The van der Waals surface area contributed by atoms with Crippen molar-refractivity contribution in [1.29, 1.82) is 0 Å². The quantitative estimate of drug-likeness (QED) is 0.764. The van der Waals surface area contributed by atoms with E-state index in [-0.39, 0.29) is 0 Å². The van der Waals surface area contributed by atoms with Crippen LogP contribution in [-0.2, 0) is 0 Å². The highest BCUT2D eigenvalue weighted by atomic mass is 32.1. The molecule has 1 fully saturated rings. The molecule has 3 nitrogen and oxygen atoms in total. The molecule has 0 radical (unpaired) electrons. The first kappa shape index (κ1) is 9.90. The molecular formula is C10H17N3S. The molecule has 0 amide bonds. The minimum absolute atomic E-state index is 0.602. The molecular weight excluding hydrogens is 194 g/mol. The van der Waals surface area contributed by atoms with E-state index in [1.807, 2.05) is 0 Å². The highest BCUT2D eigenvalue weighted by molar-refractivity contribution is 7.09. The molecule has 78 valence electrons. The summed E-state index contributed by atoms with van der Waals surface area (Å²) >= 11 is 1.45. The molecule has 0 aliphatic heterocycles. The van der Waals surface area contributed by atoms with Crippen molar-refractivity contribution >= 4 is 16.7 Å². The van der Waals surface area contributed by atoms with Gasteiger partial charge in [-0.25, -0.2) is 4.98 Å². The van der Waals surface area contributed by atoms with E-state index in [4.69, 9.17) is 0 Å². The molecule has 0 bridgehead atoms. The number of nitrogens with zero attached hydrogens (tertiary/aromatic N) is 2. The Morgan fingerprint density at radius 3 is 3.00 bits per heavy atom. The first-order valence-electron chi connectivity index (χ1n) is 5.39. The predicted octanol–water partition coefficient (Wildman–Crippen LogP) is 2.92. The minimum atomic E-state index is 0.602. The number of nitrogens with one attached hydrogen (secondary N) is 1. The maximum absolute atomic E-state index is 4.17. The van der Waals surface area contributed by atoms with E-state index in [1.54, 1.807) is 6.33 Å². The number of anilines is 1. The molecule has 4 heteroatoms. The van der Waals surface area contributed by atoms with Crippen LogP contribution in [0.1, 0.15) is 39.0 Å². The highest BCUT2D eigenvalue weighted by Gasteiger charge is 2.20. The van der Waals surface area contributed by atoms with Gasteiger partial charge in [0.25, 0.3) is 0 Å². The fraction of sp³-hybridized carbons (Fsp3) is 0.800. The van der Waals surface area contributed by atoms with Crippen LogP contribution in [-0.4, -0.2) is 15.4 Å². The Labute approximate surface area is 89.1 Å². The summed E-state index contributed by atoms with van der Waals surface area (Å²) in [5, 5.41) is 4.47. The van der Waals surface area contributed by atoms with Gasteiger partial charge in [0.15, 0.2) is 0 Å². The SMILES string of the molecule is CC1CCCCCC1Nc1ncns1. The average Bonchev–Trinajstić information content (AvgIpc) is 2.60. The molecule has 1 heterocycles. The zero-order valence-electron chi connectivity index (χ0n) is 8.57. The third-order valence-electron chi connectivity index (χ3n) is 3.03. The summed E-state index contributed by atoms with van der Waals surface area (Å²) in [6, 6.07) is 0.602. The average molecular weight is 211 g/mol. The van der Waals surface area contributed by atoms with Crippen LogP contribution in [0.2, 0.25) is 0 Å². The molecule has 0 aromatic carbocycles. The third-order valence-corrected chi connectivity index (χ3v) is 3.63. The highest BCUT2D eigenvalue weighted by Crippen LogP contribution is 2.25. The molecule has 1 saturated carbocycles. The summed E-state index contributed by atoms with van der Waals surface area (Å²) in [4.78, 5) is 4.17. The zero-order valence-corrected chi connectivity index (χ0v) is 9.39. The Balaban J connectivity index is 1.94. The molecule has 1 aromatic heterocycles. The second-order valence-electron chi connectivity index (χ2n) is 4.11. The first-order chi connectivity index (χ1) is 6.86. The number of rotatable bonds is 2. The fourth-order valence-electron chi connectivity index (χ4n) is 2.10. The van der Waals surface area contributed by atoms with E-state index in [0.29, 0.717) is 6.04 Å². The van der Waals surface area contributed by atoms with Crippen molar-refractivity contribution in [1.82, 2.24) is 9.36 Å². The lowest BCUT2D eigenvalue weighted by Crippen LogP contribution is -2.26. The van der Waals surface area contributed by atoms with Crippen molar-refractivity contribution < 1.29 is 0 Å². The normalized spacial score (nSPS) is 28.4. The lowest BCUT2D eigenvalue weighted by atomic mass is 9.97. The summed E-state index contributed by atoms with van der Waals surface area (Å²) in [5.41, 5.74) is 0. The molecule has 1 aliphatic rings. The first-order valence-corrected chi connectivity index (χ1v) is 6.17. The Morgan fingerprint density at radius 1 is 1.36 bits per heavy atom. The topological polar surface area (TPSA) is 37.8 Å². The van der Waals surface area contributed by atoms with Crippen LogP contribution in [0.15, 0.2) is 6.33 Å². The Kier molecular flexibility index (Phi) is 3.35. The standard InChI is InChI=1S/C10H17N3S/c1-8-5-3-2-4-6-9(8)13-10-11-7-12-14-10/h7-9H,2-6H2,1H3,(H,11,12,13). The minimum Gasteiger partial charge on any atom is -0.357 e. The van der Waals surface area contributed by atoms with Gasteiger partial charge in [0.1, 0.15) is 6.33 Å². The fourth-order valence-corrected chi connectivity index (χ4v) is 2.60. The van der Waals surface area contributed by atoms with Gasteiger partial charge in [-0.1, -0.05) is 26.2 Å². The molecule has 0 saturated heterocycles. The Hall–Kier alpha value is -0.640. The summed E-state index contributed by atoms with van der Waals surface area (Å²) in [6.45, 7) is 2.34. The van der Waals surface area contributed by atoms with Crippen LogP contribution >= 0.6 is 11.5 Å². The van der Waals surface area contributed by atoms with Crippen molar-refractivity contribution in [2.45, 2.75) is 45.1 Å². The largest absolute Gasteiger partial charge is 0.357 e. The maximum Gasteiger partial charge on any atom is 0.202 e. The van der Waals surface area contributed by atoms with E-state index in [0.717, 1.165) is 11.0 Å². The van der Waals surface area contributed by atoms with E-state index >= 15 is 0 Å². The summed E-state index contributed by atoms with van der Waals surface area (Å²) in [7, 11) is 0.